The molecule has 3 nitrogen and oxygen atoms in total. The van der Waals surface area contributed by atoms with Gasteiger partial charge in [0.15, 0.2) is 0 Å². The van der Waals surface area contributed by atoms with Crippen molar-refractivity contribution in [2.45, 2.75) is 26.4 Å². The molecule has 0 spiro atoms. The summed E-state index contributed by atoms with van der Waals surface area (Å²) in [5, 5.41) is 8.83. The molecule has 1 fully saturated rings. The molecule has 1 saturated heterocycles. The highest BCUT2D eigenvalue weighted by Crippen LogP contribution is 2.28. The van der Waals surface area contributed by atoms with E-state index in [2.05, 4.69) is 0 Å². The first kappa shape index (κ1) is 8.53. The molecule has 1 aliphatic rings. The zero-order chi connectivity index (χ0) is 8.43. The lowest BCUT2D eigenvalue weighted by molar-refractivity contribution is -0.142. The molecule has 1 N–H and O–H groups in total. The van der Waals surface area contributed by atoms with E-state index in [-0.39, 0.29) is 24.6 Å². The number of hydrogen-bond acceptors (Lipinski definition) is 3. The van der Waals surface area contributed by atoms with Crippen LogP contribution in [0.5, 0.6) is 0 Å². The van der Waals surface area contributed by atoms with E-state index in [4.69, 9.17) is 9.84 Å². The number of carbonyl (C=O) groups is 1. The normalized spacial score (nSPS) is 31.1. The number of hydrogen-bond donors (Lipinski definition) is 1. The number of rotatable bonds is 2. The van der Waals surface area contributed by atoms with Crippen LogP contribution in [0, 0.1) is 11.8 Å². The number of aliphatic hydroxyl groups excluding tert-OH is 1. The molecular weight excluding hydrogens is 144 g/mol. The van der Waals surface area contributed by atoms with Crippen LogP contribution in [0.4, 0.5) is 0 Å². The lowest BCUT2D eigenvalue weighted by Crippen LogP contribution is -2.24. The molecule has 0 saturated carbocycles. The summed E-state index contributed by atoms with van der Waals surface area (Å²) in [5.41, 5.74) is 0. The van der Waals surface area contributed by atoms with Crippen molar-refractivity contribution in [3.05, 3.63) is 0 Å². The predicted molar refractivity (Wildman–Crippen MR) is 39.9 cm³/mol. The predicted octanol–water partition coefficient (Wildman–Crippen LogP) is 0.566. The van der Waals surface area contributed by atoms with Gasteiger partial charge in [0.25, 0.3) is 0 Å². The standard InChI is InChI=1S/C8H14O3/c1-5(2)6-3-8(10)11-7(6)4-9/h5-7,9H,3-4H2,1-2H3/t6-,7+/m0/s1. The quantitative estimate of drug-likeness (QED) is 0.597. The SMILES string of the molecule is CC(C)[C@@H]1CC(=O)O[C@@H]1CO. The van der Waals surface area contributed by atoms with Gasteiger partial charge in [-0.25, -0.2) is 0 Å². The number of carbonyl (C=O) groups excluding carboxylic acids is 1. The minimum absolute atomic E-state index is 0.0470. The molecule has 11 heavy (non-hydrogen) atoms. The summed E-state index contributed by atoms with van der Waals surface area (Å²) in [6.45, 7) is 4.03. The average molecular weight is 158 g/mol. The molecular formula is C8H14O3. The topological polar surface area (TPSA) is 46.5 Å². The second-order valence-electron chi connectivity index (χ2n) is 3.32. The lowest BCUT2D eigenvalue weighted by Gasteiger charge is -2.17. The van der Waals surface area contributed by atoms with Crippen LogP contribution in [0.15, 0.2) is 0 Å². The highest BCUT2D eigenvalue weighted by molar-refractivity contribution is 5.72. The fourth-order valence-corrected chi connectivity index (χ4v) is 1.47. The number of aliphatic hydroxyl groups is 1. The van der Waals surface area contributed by atoms with E-state index < -0.39 is 0 Å². The third kappa shape index (κ3) is 1.71. The summed E-state index contributed by atoms with van der Waals surface area (Å²) in [5.74, 6) is 0.425. The summed E-state index contributed by atoms with van der Waals surface area (Å²) >= 11 is 0. The zero-order valence-electron chi connectivity index (χ0n) is 6.91. The molecule has 1 aliphatic heterocycles. The Morgan fingerprint density at radius 3 is 2.73 bits per heavy atom. The van der Waals surface area contributed by atoms with E-state index in [1.54, 1.807) is 0 Å². The zero-order valence-corrected chi connectivity index (χ0v) is 6.91. The first-order chi connectivity index (χ1) is 5.15. The minimum atomic E-state index is -0.262. The molecule has 0 aliphatic carbocycles. The van der Waals surface area contributed by atoms with Gasteiger partial charge in [0.05, 0.1) is 13.0 Å². The first-order valence-corrected chi connectivity index (χ1v) is 3.95. The summed E-state index contributed by atoms with van der Waals surface area (Å²) in [4.78, 5) is 10.8. The van der Waals surface area contributed by atoms with Crippen molar-refractivity contribution in [1.29, 1.82) is 0 Å². The first-order valence-electron chi connectivity index (χ1n) is 3.95. The van der Waals surface area contributed by atoms with Gasteiger partial charge in [-0.2, -0.15) is 0 Å². The molecule has 3 heteroatoms. The number of cyclic esters (lactones) is 1. The Morgan fingerprint density at radius 1 is 1.73 bits per heavy atom. The van der Waals surface area contributed by atoms with Gasteiger partial charge in [0.1, 0.15) is 6.10 Å². The van der Waals surface area contributed by atoms with E-state index in [0.29, 0.717) is 12.3 Å². The maximum Gasteiger partial charge on any atom is 0.306 e. The second-order valence-corrected chi connectivity index (χ2v) is 3.32. The Bertz CT molecular complexity index is 153. The van der Waals surface area contributed by atoms with Crippen LogP contribution in [0.25, 0.3) is 0 Å². The Morgan fingerprint density at radius 2 is 2.36 bits per heavy atom. The summed E-state index contributed by atoms with van der Waals surface area (Å²) in [6.07, 6.45) is 0.200. The Balaban J connectivity index is 2.57. The van der Waals surface area contributed by atoms with Crippen molar-refractivity contribution in [3.63, 3.8) is 0 Å². The summed E-state index contributed by atoms with van der Waals surface area (Å²) in [7, 11) is 0. The van der Waals surface area contributed by atoms with Crippen molar-refractivity contribution >= 4 is 5.97 Å². The van der Waals surface area contributed by atoms with E-state index in [1.165, 1.54) is 0 Å². The van der Waals surface area contributed by atoms with Crippen molar-refractivity contribution in [1.82, 2.24) is 0 Å². The Kier molecular flexibility index (Phi) is 2.49. The van der Waals surface area contributed by atoms with Crippen LogP contribution >= 0.6 is 0 Å². The molecule has 1 heterocycles. The average Bonchev–Trinajstić information content (AvgIpc) is 2.30. The molecule has 0 radical (unpaired) electrons. The molecule has 1 rings (SSSR count). The fraction of sp³-hybridized carbons (Fsp3) is 0.875. The van der Waals surface area contributed by atoms with Gasteiger partial charge in [0.2, 0.25) is 0 Å². The fourth-order valence-electron chi connectivity index (χ4n) is 1.47. The number of esters is 1. The Labute approximate surface area is 66.4 Å². The minimum Gasteiger partial charge on any atom is -0.460 e. The third-order valence-corrected chi connectivity index (χ3v) is 2.20. The molecule has 0 aromatic rings. The van der Waals surface area contributed by atoms with Crippen LogP contribution in [0.1, 0.15) is 20.3 Å². The van der Waals surface area contributed by atoms with Gasteiger partial charge in [0, 0.05) is 5.92 Å². The number of ether oxygens (including phenoxy) is 1. The van der Waals surface area contributed by atoms with E-state index in [0.717, 1.165) is 0 Å². The van der Waals surface area contributed by atoms with Gasteiger partial charge in [-0.15, -0.1) is 0 Å². The van der Waals surface area contributed by atoms with E-state index in [1.807, 2.05) is 13.8 Å². The molecule has 0 unspecified atom stereocenters. The van der Waals surface area contributed by atoms with Gasteiger partial charge in [-0.1, -0.05) is 13.8 Å². The maximum absolute atomic E-state index is 10.8. The van der Waals surface area contributed by atoms with Gasteiger partial charge >= 0.3 is 5.97 Å². The smallest absolute Gasteiger partial charge is 0.306 e. The molecule has 0 bridgehead atoms. The highest BCUT2D eigenvalue weighted by Gasteiger charge is 2.35. The van der Waals surface area contributed by atoms with E-state index >= 15 is 0 Å². The maximum atomic E-state index is 10.8. The lowest BCUT2D eigenvalue weighted by atomic mass is 9.90. The monoisotopic (exact) mass is 158 g/mol. The molecule has 0 aromatic carbocycles. The van der Waals surface area contributed by atoms with Crippen molar-refractivity contribution < 1.29 is 14.6 Å². The largest absolute Gasteiger partial charge is 0.460 e. The molecule has 0 aromatic heterocycles. The second kappa shape index (κ2) is 3.22. The molecule has 2 atom stereocenters. The summed E-state index contributed by atoms with van der Waals surface area (Å²) in [6, 6.07) is 0. The van der Waals surface area contributed by atoms with Crippen LogP contribution in [0.3, 0.4) is 0 Å². The van der Waals surface area contributed by atoms with Crippen LogP contribution < -0.4 is 0 Å². The van der Waals surface area contributed by atoms with Crippen molar-refractivity contribution in [2.75, 3.05) is 6.61 Å². The van der Waals surface area contributed by atoms with Crippen molar-refractivity contribution in [3.8, 4) is 0 Å². The molecule has 64 valence electrons. The Hall–Kier alpha value is -0.570. The van der Waals surface area contributed by atoms with Crippen LogP contribution in [-0.2, 0) is 9.53 Å². The van der Waals surface area contributed by atoms with Crippen LogP contribution in [0.2, 0.25) is 0 Å². The summed E-state index contributed by atoms with van der Waals surface area (Å²) < 4.78 is 4.90. The third-order valence-electron chi connectivity index (χ3n) is 2.20. The highest BCUT2D eigenvalue weighted by atomic mass is 16.6. The van der Waals surface area contributed by atoms with E-state index in [9.17, 15) is 4.79 Å². The van der Waals surface area contributed by atoms with Gasteiger partial charge in [-0.05, 0) is 5.92 Å². The van der Waals surface area contributed by atoms with Crippen molar-refractivity contribution in [2.24, 2.45) is 11.8 Å². The molecule has 0 amide bonds. The van der Waals surface area contributed by atoms with Gasteiger partial charge in [-0.3, -0.25) is 4.79 Å². The van der Waals surface area contributed by atoms with Crippen LogP contribution in [-0.4, -0.2) is 23.8 Å². The van der Waals surface area contributed by atoms with Gasteiger partial charge < -0.3 is 9.84 Å².